The Morgan fingerprint density at radius 3 is 2.71 bits per heavy atom. The Hall–Kier alpha value is -2.24. The van der Waals surface area contributed by atoms with Crippen LogP contribution < -0.4 is 20.9 Å². The Bertz CT molecular complexity index is 483. The minimum absolute atomic E-state index is 0.0869. The maximum atomic E-state index is 5.84. The molecule has 1 aromatic rings. The minimum atomic E-state index is -0.0869. The molecule has 21 heavy (non-hydrogen) atoms. The van der Waals surface area contributed by atoms with Gasteiger partial charge in [0.25, 0.3) is 0 Å². The molecular formula is C15H24N4O2. The molecular weight excluding hydrogens is 268 g/mol. The lowest BCUT2D eigenvalue weighted by atomic mass is 10.2. The molecule has 0 saturated carbocycles. The maximum Gasteiger partial charge on any atom is 0.211 e. The van der Waals surface area contributed by atoms with E-state index in [1.807, 2.05) is 18.2 Å². The molecule has 0 atom stereocenters. The van der Waals surface area contributed by atoms with Crippen LogP contribution in [0, 0.1) is 0 Å². The first kappa shape index (κ1) is 16.8. The highest BCUT2D eigenvalue weighted by atomic mass is 16.5. The highest BCUT2D eigenvalue weighted by Crippen LogP contribution is 2.30. The number of nitrogens with zero attached hydrogens (tertiary/aromatic N) is 2. The van der Waals surface area contributed by atoms with Gasteiger partial charge in [-0.3, -0.25) is 0 Å². The van der Waals surface area contributed by atoms with E-state index in [4.69, 9.17) is 20.9 Å². The zero-order valence-electron chi connectivity index (χ0n) is 12.7. The summed E-state index contributed by atoms with van der Waals surface area (Å²) in [6.45, 7) is 2.82. The number of methoxy groups -OCH3 is 1. The van der Waals surface area contributed by atoms with E-state index in [9.17, 15) is 0 Å². The average molecular weight is 292 g/mol. The van der Waals surface area contributed by atoms with Gasteiger partial charge in [0.15, 0.2) is 11.5 Å². The molecule has 0 amide bonds. The molecule has 116 valence electrons. The number of ether oxygens (including phenoxy) is 2. The lowest BCUT2D eigenvalue weighted by Crippen LogP contribution is -2.21. The van der Waals surface area contributed by atoms with E-state index in [0.29, 0.717) is 18.1 Å². The monoisotopic (exact) mass is 292 g/mol. The van der Waals surface area contributed by atoms with Gasteiger partial charge in [-0.25, -0.2) is 0 Å². The van der Waals surface area contributed by atoms with E-state index in [2.05, 4.69) is 17.1 Å². The van der Waals surface area contributed by atoms with Gasteiger partial charge in [0.2, 0.25) is 5.96 Å². The van der Waals surface area contributed by atoms with Crippen molar-refractivity contribution in [3.05, 3.63) is 23.8 Å². The lowest BCUT2D eigenvalue weighted by Gasteiger charge is -2.12. The molecule has 6 nitrogen and oxygen atoms in total. The van der Waals surface area contributed by atoms with E-state index < -0.39 is 0 Å². The van der Waals surface area contributed by atoms with Crippen molar-refractivity contribution in [2.24, 2.45) is 21.7 Å². The molecule has 0 spiro atoms. The summed E-state index contributed by atoms with van der Waals surface area (Å²) in [5.74, 6) is 1.24. The zero-order valence-corrected chi connectivity index (χ0v) is 12.7. The topological polar surface area (TPSA) is 95.2 Å². The number of hydrogen-bond donors (Lipinski definition) is 2. The van der Waals surface area contributed by atoms with E-state index in [-0.39, 0.29) is 5.96 Å². The van der Waals surface area contributed by atoms with Crippen molar-refractivity contribution in [1.29, 1.82) is 0 Å². The number of benzene rings is 1. The second-order valence-electron chi connectivity index (χ2n) is 4.56. The molecule has 0 unspecified atom stereocenters. The summed E-state index contributed by atoms with van der Waals surface area (Å²) < 4.78 is 11.2. The van der Waals surface area contributed by atoms with Gasteiger partial charge in [0.1, 0.15) is 0 Å². The molecule has 0 bridgehead atoms. The molecule has 0 aliphatic heterocycles. The van der Waals surface area contributed by atoms with Gasteiger partial charge in [-0.05, 0) is 18.6 Å². The van der Waals surface area contributed by atoms with Gasteiger partial charge < -0.3 is 20.9 Å². The third-order valence-electron chi connectivity index (χ3n) is 2.84. The SMILES string of the molecule is CCCCCCOc1c(C=NN=C(N)N)cccc1OC. The Morgan fingerprint density at radius 2 is 2.05 bits per heavy atom. The van der Waals surface area contributed by atoms with Crippen molar-refractivity contribution in [3.8, 4) is 11.5 Å². The van der Waals surface area contributed by atoms with Crippen LogP contribution >= 0.6 is 0 Å². The number of para-hydroxylation sites is 1. The molecule has 0 radical (unpaired) electrons. The van der Waals surface area contributed by atoms with Crippen LogP contribution in [0.5, 0.6) is 11.5 Å². The van der Waals surface area contributed by atoms with Crippen molar-refractivity contribution < 1.29 is 9.47 Å². The normalized spacial score (nSPS) is 10.6. The molecule has 0 saturated heterocycles. The third kappa shape index (κ3) is 6.16. The fourth-order valence-electron chi connectivity index (χ4n) is 1.81. The van der Waals surface area contributed by atoms with Crippen LogP contribution in [-0.4, -0.2) is 25.9 Å². The number of unbranched alkanes of at least 4 members (excludes halogenated alkanes) is 3. The van der Waals surface area contributed by atoms with Crippen LogP contribution in [0.4, 0.5) is 0 Å². The van der Waals surface area contributed by atoms with Crippen LogP contribution in [0.1, 0.15) is 38.2 Å². The summed E-state index contributed by atoms with van der Waals surface area (Å²) >= 11 is 0. The van der Waals surface area contributed by atoms with Gasteiger partial charge in [-0.1, -0.05) is 32.3 Å². The molecule has 0 aliphatic rings. The molecule has 0 heterocycles. The minimum Gasteiger partial charge on any atom is -0.493 e. The number of rotatable bonds is 9. The highest BCUT2D eigenvalue weighted by molar-refractivity contribution is 5.86. The summed E-state index contributed by atoms with van der Waals surface area (Å²) in [6.07, 6.45) is 6.13. The Kier molecular flexibility index (Phi) is 7.71. The molecule has 0 aromatic heterocycles. The second-order valence-corrected chi connectivity index (χ2v) is 4.56. The first-order chi connectivity index (χ1) is 10.2. The molecule has 1 rings (SSSR count). The summed E-state index contributed by atoms with van der Waals surface area (Å²) in [6, 6.07) is 5.58. The molecule has 1 aromatic carbocycles. The summed E-state index contributed by atoms with van der Waals surface area (Å²) in [4.78, 5) is 0. The standard InChI is InChI=1S/C15H24N4O2/c1-3-4-5-6-10-21-14-12(11-18-19-15(16)17)8-7-9-13(14)20-2/h7-9,11H,3-6,10H2,1-2H3,(H4,16,17,19). The van der Waals surface area contributed by atoms with Crippen LogP contribution in [0.3, 0.4) is 0 Å². The second kappa shape index (κ2) is 9.63. The van der Waals surface area contributed by atoms with Crippen molar-refractivity contribution in [3.63, 3.8) is 0 Å². The zero-order chi connectivity index (χ0) is 15.5. The van der Waals surface area contributed by atoms with Crippen molar-refractivity contribution in [2.75, 3.05) is 13.7 Å². The Morgan fingerprint density at radius 1 is 1.24 bits per heavy atom. The maximum absolute atomic E-state index is 5.84. The Balaban J connectivity index is 2.77. The lowest BCUT2D eigenvalue weighted by molar-refractivity contribution is 0.285. The van der Waals surface area contributed by atoms with Gasteiger partial charge in [0.05, 0.1) is 19.9 Å². The predicted molar refractivity (Wildman–Crippen MR) is 86.0 cm³/mol. The fraction of sp³-hybridized carbons (Fsp3) is 0.467. The number of hydrogen-bond acceptors (Lipinski definition) is 4. The first-order valence-corrected chi connectivity index (χ1v) is 7.10. The van der Waals surface area contributed by atoms with E-state index in [0.717, 1.165) is 18.4 Å². The highest BCUT2D eigenvalue weighted by Gasteiger charge is 2.09. The quantitative estimate of drug-likeness (QED) is 0.316. The van der Waals surface area contributed by atoms with Gasteiger partial charge in [0, 0.05) is 5.56 Å². The Labute approximate surface area is 125 Å². The number of guanidine groups is 1. The smallest absolute Gasteiger partial charge is 0.211 e. The van der Waals surface area contributed by atoms with Crippen molar-refractivity contribution >= 4 is 12.2 Å². The van der Waals surface area contributed by atoms with Gasteiger partial charge in [-0.2, -0.15) is 5.10 Å². The van der Waals surface area contributed by atoms with Crippen LogP contribution in [-0.2, 0) is 0 Å². The average Bonchev–Trinajstić information content (AvgIpc) is 2.47. The fourth-order valence-corrected chi connectivity index (χ4v) is 1.81. The molecule has 0 aliphatic carbocycles. The third-order valence-corrected chi connectivity index (χ3v) is 2.84. The van der Waals surface area contributed by atoms with E-state index >= 15 is 0 Å². The van der Waals surface area contributed by atoms with Gasteiger partial charge >= 0.3 is 0 Å². The largest absolute Gasteiger partial charge is 0.493 e. The van der Waals surface area contributed by atoms with Gasteiger partial charge in [-0.15, -0.1) is 5.10 Å². The van der Waals surface area contributed by atoms with Crippen LogP contribution in [0.2, 0.25) is 0 Å². The molecule has 4 N–H and O–H groups in total. The van der Waals surface area contributed by atoms with E-state index in [1.165, 1.54) is 12.8 Å². The number of nitrogens with two attached hydrogens (primary N) is 2. The summed E-state index contributed by atoms with van der Waals surface area (Å²) in [5.41, 5.74) is 11.2. The molecule has 0 fully saturated rings. The first-order valence-electron chi connectivity index (χ1n) is 7.10. The molecule has 6 heteroatoms. The summed E-state index contributed by atoms with van der Waals surface area (Å²) in [5, 5.41) is 7.39. The predicted octanol–water partition coefficient (Wildman–Crippen LogP) is 2.26. The summed E-state index contributed by atoms with van der Waals surface area (Å²) in [7, 11) is 1.61. The van der Waals surface area contributed by atoms with E-state index in [1.54, 1.807) is 13.3 Å². The van der Waals surface area contributed by atoms with Crippen LogP contribution in [0.15, 0.2) is 28.4 Å². The van der Waals surface area contributed by atoms with Crippen LogP contribution in [0.25, 0.3) is 0 Å². The van der Waals surface area contributed by atoms with Crippen molar-refractivity contribution in [2.45, 2.75) is 32.6 Å². The van der Waals surface area contributed by atoms with Crippen molar-refractivity contribution in [1.82, 2.24) is 0 Å².